The zero-order valence-electron chi connectivity index (χ0n) is 21.6. The number of amides is 1. The van der Waals surface area contributed by atoms with Crippen molar-refractivity contribution in [3.8, 4) is 17.2 Å². The third-order valence-corrected chi connectivity index (χ3v) is 6.90. The minimum Gasteiger partial charge on any atom is -0.497 e. The van der Waals surface area contributed by atoms with E-state index in [9.17, 15) is 9.59 Å². The minimum absolute atomic E-state index is 0.101. The van der Waals surface area contributed by atoms with Crippen molar-refractivity contribution in [2.24, 2.45) is 0 Å². The molecular formula is C30H29NO6. The van der Waals surface area contributed by atoms with E-state index in [-0.39, 0.29) is 17.1 Å². The number of rotatable bonds is 7. The SMILES string of the molecule is COc1cccc([C@@H]2c3c(oc4c(C)cc(C)cc4c3=O)C(=O)N2CCc2ccc(OC)c(OC)c2)c1. The van der Waals surface area contributed by atoms with Gasteiger partial charge in [0.25, 0.3) is 5.91 Å². The average Bonchev–Trinajstić information content (AvgIpc) is 3.19. The molecule has 1 aliphatic rings. The van der Waals surface area contributed by atoms with Crippen molar-refractivity contribution in [2.45, 2.75) is 26.3 Å². The predicted octanol–water partition coefficient (Wildman–Crippen LogP) is 5.22. The molecular weight excluding hydrogens is 470 g/mol. The van der Waals surface area contributed by atoms with E-state index in [0.29, 0.717) is 46.7 Å². The highest BCUT2D eigenvalue weighted by atomic mass is 16.5. The topological polar surface area (TPSA) is 78.2 Å². The maximum absolute atomic E-state index is 13.9. The van der Waals surface area contributed by atoms with Crippen molar-refractivity contribution in [2.75, 3.05) is 27.9 Å². The molecule has 0 bridgehead atoms. The highest BCUT2D eigenvalue weighted by Gasteiger charge is 2.42. The van der Waals surface area contributed by atoms with Crippen LogP contribution < -0.4 is 19.6 Å². The summed E-state index contributed by atoms with van der Waals surface area (Å²) < 4.78 is 22.4. The molecule has 0 N–H and O–H groups in total. The quantitative estimate of drug-likeness (QED) is 0.347. The number of fused-ring (bicyclic) bond motifs is 2. The highest BCUT2D eigenvalue weighted by Crippen LogP contribution is 2.40. The van der Waals surface area contributed by atoms with Gasteiger partial charge in [0, 0.05) is 6.54 Å². The summed E-state index contributed by atoms with van der Waals surface area (Å²) in [4.78, 5) is 29.4. The van der Waals surface area contributed by atoms with Gasteiger partial charge in [-0.15, -0.1) is 0 Å². The van der Waals surface area contributed by atoms with Gasteiger partial charge in [0.2, 0.25) is 5.76 Å². The van der Waals surface area contributed by atoms with E-state index in [1.165, 1.54) is 0 Å². The van der Waals surface area contributed by atoms with Crippen LogP contribution >= 0.6 is 0 Å². The largest absolute Gasteiger partial charge is 0.497 e. The van der Waals surface area contributed by atoms with Crippen LogP contribution in [0.2, 0.25) is 0 Å². The molecule has 1 aliphatic heterocycles. The summed E-state index contributed by atoms with van der Waals surface area (Å²) in [5.41, 5.74) is 4.18. The van der Waals surface area contributed by atoms with Gasteiger partial charge in [-0.1, -0.05) is 24.3 Å². The molecule has 0 spiro atoms. The second-order valence-corrected chi connectivity index (χ2v) is 9.25. The number of hydrogen-bond acceptors (Lipinski definition) is 6. The Bertz CT molecular complexity index is 1570. The summed E-state index contributed by atoms with van der Waals surface area (Å²) in [5, 5.41) is 0.485. The van der Waals surface area contributed by atoms with Crippen LogP contribution in [0.4, 0.5) is 0 Å². The van der Waals surface area contributed by atoms with E-state index < -0.39 is 6.04 Å². The Balaban J connectivity index is 1.62. The van der Waals surface area contributed by atoms with E-state index in [1.54, 1.807) is 26.2 Å². The average molecular weight is 500 g/mol. The Hall–Kier alpha value is -4.26. The molecule has 0 unspecified atom stereocenters. The van der Waals surface area contributed by atoms with Gasteiger partial charge in [0.15, 0.2) is 16.9 Å². The first-order chi connectivity index (χ1) is 17.9. The number of nitrogens with zero attached hydrogens (tertiary/aromatic N) is 1. The first-order valence-electron chi connectivity index (χ1n) is 12.1. The molecule has 2 heterocycles. The molecule has 0 fully saturated rings. The monoisotopic (exact) mass is 499 g/mol. The van der Waals surface area contributed by atoms with Crippen molar-refractivity contribution in [3.05, 3.63) is 98.4 Å². The molecule has 0 saturated heterocycles. The van der Waals surface area contributed by atoms with Crippen LogP contribution in [0.5, 0.6) is 17.2 Å². The number of carbonyl (C=O) groups excluding carboxylic acids is 1. The summed E-state index contributed by atoms with van der Waals surface area (Å²) >= 11 is 0. The van der Waals surface area contributed by atoms with E-state index in [1.807, 2.05) is 68.4 Å². The van der Waals surface area contributed by atoms with Crippen LogP contribution in [0.3, 0.4) is 0 Å². The molecule has 190 valence electrons. The van der Waals surface area contributed by atoms with Crippen LogP contribution in [0.25, 0.3) is 11.0 Å². The standard InChI is InChI=1S/C30H29NO6/c1-17-13-18(2)28-22(14-17)27(32)25-26(20-7-6-8-21(16-20)34-3)31(30(33)29(25)37-28)12-11-19-9-10-23(35-4)24(15-19)36-5/h6-10,13-16,26H,11-12H2,1-5H3/t26-/m1/s1. The van der Waals surface area contributed by atoms with Crippen LogP contribution in [0, 0.1) is 13.8 Å². The van der Waals surface area contributed by atoms with Gasteiger partial charge < -0.3 is 23.5 Å². The fraction of sp³-hybridized carbons (Fsp3) is 0.267. The molecule has 37 heavy (non-hydrogen) atoms. The fourth-order valence-electron chi connectivity index (χ4n) is 5.15. The van der Waals surface area contributed by atoms with Crippen molar-refractivity contribution >= 4 is 16.9 Å². The minimum atomic E-state index is -0.598. The summed E-state index contributed by atoms with van der Waals surface area (Å²) in [7, 11) is 4.77. The smallest absolute Gasteiger partial charge is 0.290 e. The van der Waals surface area contributed by atoms with Gasteiger partial charge in [-0.2, -0.15) is 0 Å². The van der Waals surface area contributed by atoms with Crippen molar-refractivity contribution in [1.82, 2.24) is 4.90 Å². The van der Waals surface area contributed by atoms with E-state index >= 15 is 0 Å². The molecule has 1 atom stereocenters. The van der Waals surface area contributed by atoms with Crippen LogP contribution in [-0.2, 0) is 6.42 Å². The molecule has 3 aromatic carbocycles. The lowest BCUT2D eigenvalue weighted by molar-refractivity contribution is 0.0730. The van der Waals surface area contributed by atoms with Gasteiger partial charge in [-0.3, -0.25) is 9.59 Å². The number of carbonyl (C=O) groups is 1. The Kier molecular flexibility index (Phi) is 6.38. The normalized spacial score (nSPS) is 14.7. The molecule has 1 aromatic heterocycles. The van der Waals surface area contributed by atoms with Crippen LogP contribution in [0.1, 0.15) is 44.4 Å². The lowest BCUT2D eigenvalue weighted by Gasteiger charge is -2.25. The van der Waals surface area contributed by atoms with Crippen molar-refractivity contribution < 1.29 is 23.4 Å². The third-order valence-electron chi connectivity index (χ3n) is 6.90. The number of methoxy groups -OCH3 is 3. The zero-order valence-corrected chi connectivity index (χ0v) is 21.6. The molecule has 0 saturated carbocycles. The molecule has 5 rings (SSSR count). The zero-order chi connectivity index (χ0) is 26.3. The van der Waals surface area contributed by atoms with E-state index in [2.05, 4.69) is 0 Å². The van der Waals surface area contributed by atoms with Gasteiger partial charge in [-0.05, 0) is 72.9 Å². The molecule has 0 aliphatic carbocycles. The Morgan fingerprint density at radius 3 is 2.41 bits per heavy atom. The summed E-state index contributed by atoms with van der Waals surface area (Å²) in [6.45, 7) is 4.20. The van der Waals surface area contributed by atoms with Crippen LogP contribution in [-0.4, -0.2) is 38.7 Å². The molecule has 1 amide bonds. The second-order valence-electron chi connectivity index (χ2n) is 9.25. The Labute approximate surface area is 215 Å². The number of ether oxygens (including phenoxy) is 3. The highest BCUT2D eigenvalue weighted by molar-refractivity contribution is 5.99. The van der Waals surface area contributed by atoms with Crippen molar-refractivity contribution in [1.29, 1.82) is 0 Å². The maximum atomic E-state index is 13.9. The summed E-state index contributed by atoms with van der Waals surface area (Å²) in [5.74, 6) is 1.70. The fourth-order valence-corrected chi connectivity index (χ4v) is 5.15. The van der Waals surface area contributed by atoms with E-state index in [0.717, 1.165) is 22.3 Å². The Morgan fingerprint density at radius 1 is 0.892 bits per heavy atom. The Morgan fingerprint density at radius 2 is 1.68 bits per heavy atom. The van der Waals surface area contributed by atoms with Gasteiger partial charge in [0.1, 0.15) is 11.3 Å². The number of aryl methyl sites for hydroxylation is 2. The molecule has 4 aromatic rings. The first-order valence-corrected chi connectivity index (χ1v) is 12.1. The van der Waals surface area contributed by atoms with Gasteiger partial charge in [0.05, 0.1) is 38.3 Å². The molecule has 7 heteroatoms. The molecule has 0 radical (unpaired) electrons. The van der Waals surface area contributed by atoms with Gasteiger partial charge in [-0.25, -0.2) is 0 Å². The summed E-state index contributed by atoms with van der Waals surface area (Å²) in [6.07, 6.45) is 0.548. The number of hydrogen-bond donors (Lipinski definition) is 0. The number of benzene rings is 3. The van der Waals surface area contributed by atoms with Crippen LogP contribution in [0.15, 0.2) is 63.8 Å². The van der Waals surface area contributed by atoms with E-state index in [4.69, 9.17) is 18.6 Å². The lowest BCUT2D eigenvalue weighted by atomic mass is 9.97. The molecule has 7 nitrogen and oxygen atoms in total. The third kappa shape index (κ3) is 4.20. The predicted molar refractivity (Wildman–Crippen MR) is 141 cm³/mol. The lowest BCUT2D eigenvalue weighted by Crippen LogP contribution is -2.31. The maximum Gasteiger partial charge on any atom is 0.290 e. The first kappa shape index (κ1) is 24.4. The second kappa shape index (κ2) is 9.65. The summed E-state index contributed by atoms with van der Waals surface area (Å²) in [6, 6.07) is 16.3. The van der Waals surface area contributed by atoms with Crippen molar-refractivity contribution in [3.63, 3.8) is 0 Å². The van der Waals surface area contributed by atoms with Gasteiger partial charge >= 0.3 is 0 Å².